The zero-order valence-electron chi connectivity index (χ0n) is 12.3. The zero-order chi connectivity index (χ0) is 14.9. The number of hydrogen-bond donors (Lipinski definition) is 1. The second-order valence-electron chi connectivity index (χ2n) is 5.62. The first kappa shape index (κ1) is 13.1. The van der Waals surface area contributed by atoms with Crippen molar-refractivity contribution in [2.24, 2.45) is 0 Å². The normalized spacial score (nSPS) is 15.4. The number of benzene rings is 1. The number of fused-ring (bicyclic) bond motifs is 1. The van der Waals surface area contributed by atoms with E-state index in [1.54, 1.807) is 6.20 Å². The van der Waals surface area contributed by atoms with E-state index in [2.05, 4.69) is 38.2 Å². The Labute approximate surface area is 128 Å². The average Bonchev–Trinajstić information content (AvgIpc) is 3.01. The minimum Gasteiger partial charge on any atom is -0.383 e. The summed E-state index contributed by atoms with van der Waals surface area (Å²) in [6, 6.07) is 8.43. The monoisotopic (exact) mass is 294 g/mol. The molecule has 0 spiro atoms. The Hall–Kier alpha value is -2.63. The van der Waals surface area contributed by atoms with Crippen molar-refractivity contribution in [3.63, 3.8) is 0 Å². The number of aromatic nitrogens is 4. The summed E-state index contributed by atoms with van der Waals surface area (Å²) in [5.74, 6) is 0.462. The fourth-order valence-corrected chi connectivity index (χ4v) is 3.02. The van der Waals surface area contributed by atoms with Crippen molar-refractivity contribution >= 4 is 22.5 Å². The highest BCUT2D eigenvalue weighted by Gasteiger charge is 2.13. The lowest BCUT2D eigenvalue weighted by Gasteiger charge is -2.29. The maximum absolute atomic E-state index is 5.88. The van der Waals surface area contributed by atoms with Gasteiger partial charge in [0, 0.05) is 18.8 Å². The maximum Gasteiger partial charge on any atom is 0.168 e. The molecular weight excluding hydrogens is 276 g/mol. The fraction of sp³-hybridized carbons (Fsp3) is 0.312. The highest BCUT2D eigenvalue weighted by Crippen LogP contribution is 2.24. The van der Waals surface area contributed by atoms with Crippen LogP contribution in [0.2, 0.25) is 0 Å². The first-order chi connectivity index (χ1) is 10.8. The number of nitrogens with zero attached hydrogens (tertiary/aromatic N) is 5. The van der Waals surface area contributed by atoms with Crippen molar-refractivity contribution < 1.29 is 0 Å². The Morgan fingerprint density at radius 1 is 1.00 bits per heavy atom. The van der Waals surface area contributed by atoms with E-state index in [9.17, 15) is 0 Å². The van der Waals surface area contributed by atoms with E-state index in [0.717, 1.165) is 29.8 Å². The van der Waals surface area contributed by atoms with Gasteiger partial charge in [0.05, 0.1) is 17.3 Å². The Bertz CT molecular complexity index is 803. The van der Waals surface area contributed by atoms with Gasteiger partial charge in [0.25, 0.3) is 0 Å². The van der Waals surface area contributed by atoms with Gasteiger partial charge in [-0.2, -0.15) is 5.10 Å². The molecular formula is C16H18N6. The first-order valence-corrected chi connectivity index (χ1v) is 7.62. The summed E-state index contributed by atoms with van der Waals surface area (Å²) < 4.78 is 1.82. The second kappa shape index (κ2) is 5.29. The summed E-state index contributed by atoms with van der Waals surface area (Å²) in [5.41, 5.74) is 8.86. The average molecular weight is 294 g/mol. The number of nitrogen functional groups attached to an aromatic ring is 1. The number of hydrogen-bond acceptors (Lipinski definition) is 5. The van der Waals surface area contributed by atoms with Crippen LogP contribution in [0.25, 0.3) is 16.7 Å². The molecule has 0 bridgehead atoms. The molecule has 1 saturated heterocycles. The van der Waals surface area contributed by atoms with E-state index < -0.39 is 0 Å². The second-order valence-corrected chi connectivity index (χ2v) is 5.62. The summed E-state index contributed by atoms with van der Waals surface area (Å²) in [7, 11) is 0. The van der Waals surface area contributed by atoms with Crippen molar-refractivity contribution in [2.45, 2.75) is 19.3 Å². The molecule has 0 saturated carbocycles. The molecule has 2 N–H and O–H groups in total. The van der Waals surface area contributed by atoms with Gasteiger partial charge in [0.1, 0.15) is 12.1 Å². The van der Waals surface area contributed by atoms with Crippen molar-refractivity contribution in [1.82, 2.24) is 19.7 Å². The number of anilines is 2. The van der Waals surface area contributed by atoms with Crippen LogP contribution in [0.15, 0.2) is 36.8 Å². The molecule has 2 aromatic heterocycles. The lowest BCUT2D eigenvalue weighted by molar-refractivity contribution is 0.578. The van der Waals surface area contributed by atoms with Crippen LogP contribution < -0.4 is 10.6 Å². The molecule has 0 atom stereocenters. The Balaban J connectivity index is 1.77. The summed E-state index contributed by atoms with van der Waals surface area (Å²) in [6.45, 7) is 2.25. The largest absolute Gasteiger partial charge is 0.383 e. The van der Waals surface area contributed by atoms with Crippen molar-refractivity contribution in [2.75, 3.05) is 23.7 Å². The number of rotatable bonds is 2. The van der Waals surface area contributed by atoms with E-state index in [1.165, 1.54) is 31.3 Å². The van der Waals surface area contributed by atoms with Gasteiger partial charge in [0.2, 0.25) is 0 Å². The van der Waals surface area contributed by atoms with Crippen molar-refractivity contribution in [3.8, 4) is 5.69 Å². The molecule has 4 rings (SSSR count). The van der Waals surface area contributed by atoms with Crippen LogP contribution in [0, 0.1) is 0 Å². The lowest BCUT2D eigenvalue weighted by atomic mass is 10.1. The molecule has 0 aliphatic carbocycles. The molecule has 1 aliphatic rings. The van der Waals surface area contributed by atoms with E-state index >= 15 is 0 Å². The van der Waals surface area contributed by atoms with Crippen LogP contribution in [-0.4, -0.2) is 32.8 Å². The van der Waals surface area contributed by atoms with Gasteiger partial charge >= 0.3 is 0 Å². The Kier molecular flexibility index (Phi) is 3.14. The summed E-state index contributed by atoms with van der Waals surface area (Å²) in [4.78, 5) is 10.8. The standard InChI is InChI=1S/C16H18N6/c17-15-14-10-20-22(16(14)19-11-18-15)13-6-4-5-12(9-13)21-7-2-1-3-8-21/h4-6,9-11H,1-3,7-8H2,(H2,17,18,19). The molecule has 22 heavy (non-hydrogen) atoms. The third kappa shape index (κ3) is 2.16. The molecule has 0 amide bonds. The lowest BCUT2D eigenvalue weighted by Crippen LogP contribution is -2.29. The van der Waals surface area contributed by atoms with Crippen LogP contribution in [-0.2, 0) is 0 Å². The Morgan fingerprint density at radius 2 is 1.82 bits per heavy atom. The van der Waals surface area contributed by atoms with Crippen LogP contribution in [0.5, 0.6) is 0 Å². The van der Waals surface area contributed by atoms with E-state index in [4.69, 9.17) is 5.73 Å². The van der Waals surface area contributed by atoms with Gasteiger partial charge in [-0.05, 0) is 37.5 Å². The minimum atomic E-state index is 0.462. The van der Waals surface area contributed by atoms with E-state index in [0.29, 0.717) is 5.82 Å². The SMILES string of the molecule is Nc1ncnc2c1cnn2-c1cccc(N2CCCCC2)c1. The zero-order valence-corrected chi connectivity index (χ0v) is 12.3. The summed E-state index contributed by atoms with van der Waals surface area (Å²) in [5, 5.41) is 5.21. The molecule has 6 nitrogen and oxygen atoms in total. The third-order valence-corrected chi connectivity index (χ3v) is 4.19. The van der Waals surface area contributed by atoms with Crippen LogP contribution >= 0.6 is 0 Å². The van der Waals surface area contributed by atoms with Crippen LogP contribution in [0.3, 0.4) is 0 Å². The molecule has 1 fully saturated rings. The quantitative estimate of drug-likeness (QED) is 0.785. The molecule has 3 heterocycles. The maximum atomic E-state index is 5.88. The van der Waals surface area contributed by atoms with E-state index in [1.807, 2.05) is 10.7 Å². The molecule has 6 heteroatoms. The first-order valence-electron chi connectivity index (χ1n) is 7.62. The molecule has 0 radical (unpaired) electrons. The fourth-order valence-electron chi connectivity index (χ4n) is 3.02. The van der Waals surface area contributed by atoms with Gasteiger partial charge in [-0.1, -0.05) is 6.07 Å². The molecule has 1 aliphatic heterocycles. The summed E-state index contributed by atoms with van der Waals surface area (Å²) >= 11 is 0. The molecule has 112 valence electrons. The van der Waals surface area contributed by atoms with Gasteiger partial charge < -0.3 is 10.6 Å². The molecule has 3 aromatic rings. The predicted octanol–water partition coefficient (Wildman–Crippen LogP) is 2.39. The highest BCUT2D eigenvalue weighted by molar-refractivity contribution is 5.85. The minimum absolute atomic E-state index is 0.462. The van der Waals surface area contributed by atoms with Gasteiger partial charge in [0.15, 0.2) is 5.65 Å². The van der Waals surface area contributed by atoms with Crippen molar-refractivity contribution in [1.29, 1.82) is 0 Å². The third-order valence-electron chi connectivity index (χ3n) is 4.19. The smallest absolute Gasteiger partial charge is 0.168 e. The molecule has 0 unspecified atom stereocenters. The van der Waals surface area contributed by atoms with Crippen molar-refractivity contribution in [3.05, 3.63) is 36.8 Å². The predicted molar refractivity (Wildman–Crippen MR) is 87.1 cm³/mol. The van der Waals surface area contributed by atoms with Crippen LogP contribution in [0.4, 0.5) is 11.5 Å². The number of piperidine rings is 1. The van der Waals surface area contributed by atoms with Gasteiger partial charge in [-0.25, -0.2) is 14.6 Å². The van der Waals surface area contributed by atoms with E-state index in [-0.39, 0.29) is 0 Å². The Morgan fingerprint density at radius 3 is 2.68 bits per heavy atom. The van der Waals surface area contributed by atoms with Crippen LogP contribution in [0.1, 0.15) is 19.3 Å². The number of nitrogens with two attached hydrogens (primary N) is 1. The summed E-state index contributed by atoms with van der Waals surface area (Å²) in [6.07, 6.45) is 7.05. The van der Waals surface area contributed by atoms with Gasteiger partial charge in [-0.15, -0.1) is 0 Å². The molecule has 1 aromatic carbocycles. The topological polar surface area (TPSA) is 72.9 Å². The van der Waals surface area contributed by atoms with Gasteiger partial charge in [-0.3, -0.25) is 0 Å². The highest BCUT2D eigenvalue weighted by atomic mass is 15.3.